The van der Waals surface area contributed by atoms with E-state index in [9.17, 15) is 0 Å². The molecule has 0 N–H and O–H groups in total. The molecule has 2 nitrogen and oxygen atoms in total. The number of aromatic nitrogens is 1. The van der Waals surface area contributed by atoms with Gasteiger partial charge in [-0.15, -0.1) is 0 Å². The van der Waals surface area contributed by atoms with Crippen molar-refractivity contribution in [3.8, 4) is 6.07 Å². The highest BCUT2D eigenvalue weighted by Gasteiger charge is 2.13. The summed E-state index contributed by atoms with van der Waals surface area (Å²) < 4.78 is 0. The van der Waals surface area contributed by atoms with Gasteiger partial charge in [-0.1, -0.05) is 44.7 Å². The van der Waals surface area contributed by atoms with Crippen molar-refractivity contribution < 1.29 is 0 Å². The standard InChI is InChI=1S/C17H18N2S/c1-12-9-13(11-18)10-16(19-12)20-15-7-5-14(6-8-15)17(2,3)4/h5-10H,1-4H3. The van der Waals surface area contributed by atoms with Crippen LogP contribution in [0.5, 0.6) is 0 Å². The lowest BCUT2D eigenvalue weighted by atomic mass is 9.87. The summed E-state index contributed by atoms with van der Waals surface area (Å²) >= 11 is 1.59. The van der Waals surface area contributed by atoms with Crippen LogP contribution in [0.25, 0.3) is 0 Å². The zero-order valence-corrected chi connectivity index (χ0v) is 13.1. The summed E-state index contributed by atoms with van der Waals surface area (Å²) in [6.07, 6.45) is 0. The molecule has 0 saturated heterocycles. The number of aryl methyl sites for hydroxylation is 1. The molecule has 0 fully saturated rings. The fourth-order valence-electron chi connectivity index (χ4n) is 1.90. The molecule has 1 heterocycles. The molecule has 0 saturated carbocycles. The van der Waals surface area contributed by atoms with Gasteiger partial charge in [0.05, 0.1) is 11.6 Å². The normalized spacial score (nSPS) is 11.2. The second-order valence-electron chi connectivity index (χ2n) is 5.82. The van der Waals surface area contributed by atoms with E-state index >= 15 is 0 Å². The van der Waals surface area contributed by atoms with Crippen LogP contribution in [0.4, 0.5) is 0 Å². The third-order valence-corrected chi connectivity index (χ3v) is 3.93. The number of hydrogen-bond acceptors (Lipinski definition) is 3. The van der Waals surface area contributed by atoms with Crippen molar-refractivity contribution in [2.75, 3.05) is 0 Å². The highest BCUT2D eigenvalue weighted by atomic mass is 32.2. The molecule has 0 bridgehead atoms. The van der Waals surface area contributed by atoms with Gasteiger partial charge in [-0.05, 0) is 42.2 Å². The number of nitriles is 1. The number of benzene rings is 1. The first kappa shape index (κ1) is 14.6. The molecule has 0 aliphatic rings. The maximum atomic E-state index is 8.99. The lowest BCUT2D eigenvalue weighted by Gasteiger charge is -2.19. The van der Waals surface area contributed by atoms with Gasteiger partial charge in [0, 0.05) is 10.6 Å². The molecule has 2 aromatic rings. The van der Waals surface area contributed by atoms with Gasteiger partial charge in [0.1, 0.15) is 5.03 Å². The van der Waals surface area contributed by atoms with E-state index in [0.717, 1.165) is 15.6 Å². The van der Waals surface area contributed by atoms with E-state index in [-0.39, 0.29) is 5.41 Å². The van der Waals surface area contributed by atoms with Crippen molar-refractivity contribution in [2.24, 2.45) is 0 Å². The maximum Gasteiger partial charge on any atom is 0.102 e. The molecule has 0 unspecified atom stereocenters. The smallest absolute Gasteiger partial charge is 0.102 e. The molecular weight excluding hydrogens is 264 g/mol. The Morgan fingerprint density at radius 3 is 2.30 bits per heavy atom. The summed E-state index contributed by atoms with van der Waals surface area (Å²) in [7, 11) is 0. The minimum Gasteiger partial charge on any atom is -0.246 e. The van der Waals surface area contributed by atoms with Crippen LogP contribution in [0.15, 0.2) is 46.3 Å². The van der Waals surface area contributed by atoms with Gasteiger partial charge in [-0.25, -0.2) is 4.98 Å². The van der Waals surface area contributed by atoms with E-state index < -0.39 is 0 Å². The molecular formula is C17H18N2S. The number of hydrogen-bond donors (Lipinski definition) is 0. The van der Waals surface area contributed by atoms with Crippen molar-refractivity contribution >= 4 is 11.8 Å². The van der Waals surface area contributed by atoms with Gasteiger partial charge in [0.15, 0.2) is 0 Å². The zero-order chi connectivity index (χ0) is 14.8. The van der Waals surface area contributed by atoms with Crippen LogP contribution in [0, 0.1) is 18.3 Å². The molecule has 1 aromatic carbocycles. The highest BCUT2D eigenvalue weighted by Crippen LogP contribution is 2.29. The van der Waals surface area contributed by atoms with Gasteiger partial charge in [-0.2, -0.15) is 5.26 Å². The van der Waals surface area contributed by atoms with Gasteiger partial charge in [0.25, 0.3) is 0 Å². The molecule has 0 radical (unpaired) electrons. The first-order valence-corrected chi connectivity index (χ1v) is 7.37. The first-order chi connectivity index (χ1) is 9.38. The molecule has 2 rings (SSSR count). The fourth-order valence-corrected chi connectivity index (χ4v) is 2.79. The van der Waals surface area contributed by atoms with Crippen LogP contribution in [0.1, 0.15) is 37.6 Å². The summed E-state index contributed by atoms with van der Waals surface area (Å²) in [6.45, 7) is 8.52. The molecule has 102 valence electrons. The van der Waals surface area contributed by atoms with Gasteiger partial charge in [0.2, 0.25) is 0 Å². The molecule has 0 spiro atoms. The quantitative estimate of drug-likeness (QED) is 0.800. The third-order valence-electron chi connectivity index (χ3n) is 3.00. The monoisotopic (exact) mass is 282 g/mol. The largest absolute Gasteiger partial charge is 0.246 e. The number of nitrogens with zero attached hydrogens (tertiary/aromatic N) is 2. The predicted molar refractivity (Wildman–Crippen MR) is 83.0 cm³/mol. The molecule has 1 aromatic heterocycles. The minimum atomic E-state index is 0.165. The van der Waals surface area contributed by atoms with Crippen LogP contribution in [0.3, 0.4) is 0 Å². The van der Waals surface area contributed by atoms with Crippen LogP contribution in [-0.4, -0.2) is 4.98 Å². The summed E-state index contributed by atoms with van der Waals surface area (Å²) in [4.78, 5) is 5.60. The summed E-state index contributed by atoms with van der Waals surface area (Å²) in [6, 6.07) is 14.3. The molecule has 0 aliphatic heterocycles. The van der Waals surface area contributed by atoms with Crippen LogP contribution >= 0.6 is 11.8 Å². The maximum absolute atomic E-state index is 8.99. The molecule has 20 heavy (non-hydrogen) atoms. The molecule has 0 amide bonds. The minimum absolute atomic E-state index is 0.165. The average Bonchev–Trinajstić information content (AvgIpc) is 2.37. The second kappa shape index (κ2) is 5.68. The summed E-state index contributed by atoms with van der Waals surface area (Å²) in [5.74, 6) is 0. The Hall–Kier alpha value is -1.79. The van der Waals surface area contributed by atoms with Crippen LogP contribution in [-0.2, 0) is 5.41 Å². The van der Waals surface area contributed by atoms with E-state index in [2.05, 4.69) is 56.1 Å². The predicted octanol–water partition coefficient (Wildman–Crippen LogP) is 4.71. The fraction of sp³-hybridized carbons (Fsp3) is 0.294. The van der Waals surface area contributed by atoms with E-state index in [1.54, 1.807) is 17.8 Å². The third kappa shape index (κ3) is 3.61. The Kier molecular flexibility index (Phi) is 4.15. The van der Waals surface area contributed by atoms with E-state index in [0.29, 0.717) is 5.56 Å². The Bertz CT molecular complexity index is 646. The SMILES string of the molecule is Cc1cc(C#N)cc(Sc2ccc(C(C)(C)C)cc2)n1. The average molecular weight is 282 g/mol. The zero-order valence-electron chi connectivity index (χ0n) is 12.3. The Morgan fingerprint density at radius 2 is 1.75 bits per heavy atom. The highest BCUT2D eigenvalue weighted by molar-refractivity contribution is 7.99. The van der Waals surface area contributed by atoms with E-state index in [1.807, 2.05) is 13.0 Å². The van der Waals surface area contributed by atoms with Gasteiger partial charge < -0.3 is 0 Å². The molecule has 0 aliphatic carbocycles. The van der Waals surface area contributed by atoms with Crippen molar-refractivity contribution in [3.05, 3.63) is 53.2 Å². The number of pyridine rings is 1. The van der Waals surface area contributed by atoms with Crippen molar-refractivity contribution in [2.45, 2.75) is 43.0 Å². The molecule has 0 atom stereocenters. The Labute approximate surface area is 124 Å². The topological polar surface area (TPSA) is 36.7 Å². The lowest BCUT2D eigenvalue weighted by Crippen LogP contribution is -2.10. The second-order valence-corrected chi connectivity index (χ2v) is 6.92. The van der Waals surface area contributed by atoms with E-state index in [4.69, 9.17) is 5.26 Å². The number of rotatable bonds is 2. The first-order valence-electron chi connectivity index (χ1n) is 6.56. The van der Waals surface area contributed by atoms with Gasteiger partial charge >= 0.3 is 0 Å². The lowest BCUT2D eigenvalue weighted by molar-refractivity contribution is 0.590. The van der Waals surface area contributed by atoms with Crippen molar-refractivity contribution in [1.82, 2.24) is 4.98 Å². The van der Waals surface area contributed by atoms with Gasteiger partial charge in [-0.3, -0.25) is 0 Å². The Balaban J connectivity index is 2.23. The van der Waals surface area contributed by atoms with Crippen molar-refractivity contribution in [1.29, 1.82) is 5.26 Å². The summed E-state index contributed by atoms with van der Waals surface area (Å²) in [5, 5.41) is 9.86. The van der Waals surface area contributed by atoms with E-state index in [1.165, 1.54) is 5.56 Å². The van der Waals surface area contributed by atoms with Crippen molar-refractivity contribution in [3.63, 3.8) is 0 Å². The Morgan fingerprint density at radius 1 is 1.10 bits per heavy atom. The van der Waals surface area contributed by atoms with Crippen LogP contribution < -0.4 is 0 Å². The molecule has 3 heteroatoms. The van der Waals surface area contributed by atoms with Crippen LogP contribution in [0.2, 0.25) is 0 Å². The summed E-state index contributed by atoms with van der Waals surface area (Å²) in [5.41, 5.74) is 3.01.